The summed E-state index contributed by atoms with van der Waals surface area (Å²) in [5.74, 6) is 0.918. The van der Waals surface area contributed by atoms with E-state index in [-0.39, 0.29) is 23.9 Å². The second-order valence-corrected chi connectivity index (χ2v) is 9.53. The van der Waals surface area contributed by atoms with Gasteiger partial charge in [0.15, 0.2) is 0 Å². The van der Waals surface area contributed by atoms with Crippen molar-refractivity contribution in [2.24, 2.45) is 0 Å². The molecule has 0 radical (unpaired) electrons. The van der Waals surface area contributed by atoms with Crippen LogP contribution < -0.4 is 15.4 Å². The van der Waals surface area contributed by atoms with Crippen LogP contribution in [0.1, 0.15) is 26.5 Å². The van der Waals surface area contributed by atoms with Gasteiger partial charge in [-0.25, -0.2) is 9.48 Å². The third-order valence-corrected chi connectivity index (χ3v) is 5.41. The number of aromatic nitrogens is 2. The normalized spacial score (nSPS) is 11.1. The van der Waals surface area contributed by atoms with E-state index in [1.165, 1.54) is 4.90 Å². The fourth-order valence-electron chi connectivity index (χ4n) is 2.98. The van der Waals surface area contributed by atoms with Crippen molar-refractivity contribution in [1.29, 1.82) is 0 Å². The molecule has 0 aliphatic carbocycles. The molecule has 9 heteroatoms. The number of carbonyl (C=O) groups excluding carboxylic acids is 2. The molecule has 1 heterocycles. The monoisotopic (exact) mass is 513 g/mol. The number of urea groups is 1. The predicted octanol–water partition coefficient (Wildman–Crippen LogP) is 5.04. The summed E-state index contributed by atoms with van der Waals surface area (Å²) in [4.78, 5) is 26.5. The van der Waals surface area contributed by atoms with Crippen molar-refractivity contribution in [2.45, 2.75) is 26.2 Å². The number of benzene rings is 2. The Balaban J connectivity index is 1.74. The van der Waals surface area contributed by atoms with Crippen LogP contribution in [0, 0.1) is 0 Å². The Morgan fingerprint density at radius 3 is 2.27 bits per heavy atom. The number of hydrogen-bond donors (Lipinski definition) is 2. The summed E-state index contributed by atoms with van der Waals surface area (Å²) in [6, 6.07) is 16.1. The van der Waals surface area contributed by atoms with E-state index in [0.717, 1.165) is 21.6 Å². The van der Waals surface area contributed by atoms with Crippen LogP contribution in [0.25, 0.3) is 5.69 Å². The van der Waals surface area contributed by atoms with Crippen LogP contribution in [0.4, 0.5) is 16.3 Å². The summed E-state index contributed by atoms with van der Waals surface area (Å²) >= 11 is 3.36. The van der Waals surface area contributed by atoms with Gasteiger partial charge >= 0.3 is 6.03 Å². The number of nitrogens with one attached hydrogen (secondary N) is 2. The number of likely N-dealkylation sites (N-methyl/N-ethyl adjacent to an activating group) is 1. The quantitative estimate of drug-likeness (QED) is 0.482. The van der Waals surface area contributed by atoms with Crippen LogP contribution in [0.5, 0.6) is 5.75 Å². The van der Waals surface area contributed by atoms with Crippen molar-refractivity contribution < 1.29 is 14.3 Å². The molecule has 0 unspecified atom stereocenters. The fourth-order valence-corrected chi connectivity index (χ4v) is 3.24. The summed E-state index contributed by atoms with van der Waals surface area (Å²) < 4.78 is 7.82. The topological polar surface area (TPSA) is 88.5 Å². The van der Waals surface area contributed by atoms with Crippen molar-refractivity contribution in [2.75, 3.05) is 31.3 Å². The van der Waals surface area contributed by atoms with E-state index in [2.05, 4.69) is 47.3 Å². The van der Waals surface area contributed by atoms with E-state index in [1.807, 2.05) is 42.5 Å². The first-order valence-corrected chi connectivity index (χ1v) is 11.2. The lowest BCUT2D eigenvalue weighted by atomic mass is 9.92. The first-order valence-electron chi connectivity index (χ1n) is 10.4. The first-order chi connectivity index (χ1) is 15.6. The zero-order valence-electron chi connectivity index (χ0n) is 19.3. The van der Waals surface area contributed by atoms with Gasteiger partial charge in [-0.2, -0.15) is 5.10 Å². The molecule has 0 saturated heterocycles. The van der Waals surface area contributed by atoms with Gasteiger partial charge in [-0.15, -0.1) is 0 Å². The van der Waals surface area contributed by atoms with Crippen molar-refractivity contribution in [3.05, 3.63) is 64.8 Å². The van der Waals surface area contributed by atoms with Gasteiger partial charge in [0.25, 0.3) is 0 Å². The smallest absolute Gasteiger partial charge is 0.322 e. The third kappa shape index (κ3) is 6.35. The summed E-state index contributed by atoms with van der Waals surface area (Å²) in [6.07, 6.45) is 0. The van der Waals surface area contributed by atoms with Crippen LogP contribution in [0.15, 0.2) is 59.1 Å². The van der Waals surface area contributed by atoms with E-state index in [1.54, 1.807) is 31.0 Å². The maximum absolute atomic E-state index is 12.8. The van der Waals surface area contributed by atoms with E-state index in [0.29, 0.717) is 11.5 Å². The third-order valence-electron chi connectivity index (χ3n) is 4.89. The van der Waals surface area contributed by atoms with Crippen molar-refractivity contribution >= 4 is 39.4 Å². The molecule has 0 bridgehead atoms. The molecule has 0 fully saturated rings. The summed E-state index contributed by atoms with van der Waals surface area (Å²) in [5.41, 5.74) is 2.04. The minimum absolute atomic E-state index is 0.124. The molecule has 3 rings (SSSR count). The van der Waals surface area contributed by atoms with Crippen LogP contribution in [0.3, 0.4) is 0 Å². The molecule has 8 nitrogen and oxygen atoms in total. The molecule has 3 amide bonds. The molecule has 2 aromatic carbocycles. The number of halogens is 1. The summed E-state index contributed by atoms with van der Waals surface area (Å²) in [5, 5.41) is 10.4. The molecule has 0 aliphatic heterocycles. The minimum atomic E-state index is -0.383. The predicted molar refractivity (Wildman–Crippen MR) is 133 cm³/mol. The highest BCUT2D eigenvalue weighted by atomic mass is 79.9. The largest absolute Gasteiger partial charge is 0.497 e. The highest BCUT2D eigenvalue weighted by Crippen LogP contribution is 2.27. The number of amides is 3. The fraction of sp³-hybridized carbons (Fsp3) is 0.292. The number of anilines is 2. The number of rotatable bonds is 6. The lowest BCUT2D eigenvalue weighted by Gasteiger charge is -2.18. The molecule has 174 valence electrons. The average Bonchev–Trinajstić information content (AvgIpc) is 3.19. The molecule has 0 saturated carbocycles. The Bertz CT molecular complexity index is 1120. The highest BCUT2D eigenvalue weighted by molar-refractivity contribution is 9.10. The summed E-state index contributed by atoms with van der Waals surface area (Å²) in [6.45, 7) is 6.04. The number of nitrogens with zero attached hydrogens (tertiary/aromatic N) is 3. The molecule has 1 aromatic heterocycles. The van der Waals surface area contributed by atoms with Gasteiger partial charge in [-0.1, -0.05) is 36.7 Å². The minimum Gasteiger partial charge on any atom is -0.497 e. The second kappa shape index (κ2) is 10.1. The van der Waals surface area contributed by atoms with E-state index in [9.17, 15) is 9.59 Å². The van der Waals surface area contributed by atoms with Gasteiger partial charge in [0, 0.05) is 28.7 Å². The Labute approximate surface area is 202 Å². The molecular formula is C24H28BrN5O3. The lowest BCUT2D eigenvalue weighted by Crippen LogP contribution is -2.37. The number of carbonyl (C=O) groups is 2. The Hall–Kier alpha value is -3.33. The Kier molecular flexibility index (Phi) is 7.43. The SMILES string of the molecule is COc1ccc(-n2nc(C(C)(C)C)cc2NC(=O)CN(C)C(=O)Nc2ccc(Br)cc2)cc1. The number of hydrogen-bond acceptors (Lipinski definition) is 4. The van der Waals surface area contributed by atoms with Crippen LogP contribution in [-0.4, -0.2) is 47.3 Å². The lowest BCUT2D eigenvalue weighted by molar-refractivity contribution is -0.116. The number of methoxy groups -OCH3 is 1. The second-order valence-electron chi connectivity index (χ2n) is 8.62. The van der Waals surface area contributed by atoms with E-state index in [4.69, 9.17) is 9.84 Å². The zero-order chi connectivity index (χ0) is 24.2. The van der Waals surface area contributed by atoms with Gasteiger partial charge in [-0.3, -0.25) is 4.79 Å². The molecule has 33 heavy (non-hydrogen) atoms. The molecule has 2 N–H and O–H groups in total. The van der Waals surface area contributed by atoms with Gasteiger partial charge in [-0.05, 0) is 48.5 Å². The van der Waals surface area contributed by atoms with E-state index >= 15 is 0 Å². The van der Waals surface area contributed by atoms with Gasteiger partial charge in [0.1, 0.15) is 18.1 Å². The van der Waals surface area contributed by atoms with Crippen LogP contribution >= 0.6 is 15.9 Å². The first kappa shape index (κ1) is 24.3. The molecular weight excluding hydrogens is 486 g/mol. The molecule has 0 spiro atoms. The average molecular weight is 514 g/mol. The molecule has 0 atom stereocenters. The molecule has 3 aromatic rings. The maximum Gasteiger partial charge on any atom is 0.322 e. The van der Waals surface area contributed by atoms with Gasteiger partial charge in [0.2, 0.25) is 5.91 Å². The Morgan fingerprint density at radius 2 is 1.70 bits per heavy atom. The highest BCUT2D eigenvalue weighted by Gasteiger charge is 2.22. The standard InChI is InChI=1S/C24H28BrN5O3/c1-24(2,3)20-14-21(30(28-20)18-10-12-19(33-5)13-11-18)27-22(31)15-29(4)23(32)26-17-8-6-16(25)7-9-17/h6-14H,15H2,1-5H3,(H,26,32)(H,27,31). The van der Waals surface area contributed by atoms with Crippen LogP contribution in [0.2, 0.25) is 0 Å². The van der Waals surface area contributed by atoms with Gasteiger partial charge < -0.3 is 20.3 Å². The maximum atomic E-state index is 12.8. The van der Waals surface area contributed by atoms with Crippen molar-refractivity contribution in [3.63, 3.8) is 0 Å². The van der Waals surface area contributed by atoms with Crippen molar-refractivity contribution in [3.8, 4) is 11.4 Å². The molecule has 0 aliphatic rings. The van der Waals surface area contributed by atoms with E-state index < -0.39 is 0 Å². The Morgan fingerprint density at radius 1 is 1.06 bits per heavy atom. The van der Waals surface area contributed by atoms with Gasteiger partial charge in [0.05, 0.1) is 18.5 Å². The number of ether oxygens (including phenoxy) is 1. The van der Waals surface area contributed by atoms with Crippen LogP contribution in [-0.2, 0) is 10.2 Å². The zero-order valence-corrected chi connectivity index (χ0v) is 20.9. The summed E-state index contributed by atoms with van der Waals surface area (Å²) in [7, 11) is 3.17. The van der Waals surface area contributed by atoms with Crippen molar-refractivity contribution in [1.82, 2.24) is 14.7 Å².